The number of nitrogens with one attached hydrogen (secondary N) is 1. The van der Waals surface area contributed by atoms with E-state index in [1.54, 1.807) is 19.9 Å². The summed E-state index contributed by atoms with van der Waals surface area (Å²) in [5.41, 5.74) is 0. The Morgan fingerprint density at radius 3 is 2.65 bits per heavy atom. The highest BCUT2D eigenvalue weighted by Crippen LogP contribution is 2.12. The molecule has 0 radical (unpaired) electrons. The average molecular weight is 279 g/mol. The van der Waals surface area contributed by atoms with Crippen molar-refractivity contribution in [3.63, 3.8) is 0 Å². The Morgan fingerprint density at radius 2 is 2.05 bits per heavy atom. The Kier molecular flexibility index (Phi) is 6.16. The minimum absolute atomic E-state index is 0.0724. The van der Waals surface area contributed by atoms with Gasteiger partial charge >= 0.3 is 0 Å². The zero-order valence-corrected chi connectivity index (χ0v) is 12.0. The molecule has 1 rings (SSSR count). The number of ketones is 1. The zero-order chi connectivity index (χ0) is 15.1. The van der Waals surface area contributed by atoms with Gasteiger partial charge < -0.3 is 10.2 Å². The van der Waals surface area contributed by atoms with Gasteiger partial charge in [-0.3, -0.25) is 14.4 Å². The molecular weight excluding hydrogens is 258 g/mol. The number of carbonyl (C=O) groups is 3. The van der Waals surface area contributed by atoms with Gasteiger partial charge in [-0.2, -0.15) is 5.26 Å². The summed E-state index contributed by atoms with van der Waals surface area (Å²) in [4.78, 5) is 37.1. The van der Waals surface area contributed by atoms with Crippen molar-refractivity contribution in [3.05, 3.63) is 0 Å². The lowest BCUT2D eigenvalue weighted by atomic mass is 10.0. The first-order valence-corrected chi connectivity index (χ1v) is 6.96. The van der Waals surface area contributed by atoms with Crippen molar-refractivity contribution >= 4 is 17.6 Å². The van der Waals surface area contributed by atoms with Crippen LogP contribution < -0.4 is 5.32 Å². The second kappa shape index (κ2) is 7.63. The molecule has 1 atom stereocenters. The lowest BCUT2D eigenvalue weighted by molar-refractivity contribution is -0.138. The van der Waals surface area contributed by atoms with Crippen molar-refractivity contribution < 1.29 is 14.4 Å². The van der Waals surface area contributed by atoms with Crippen molar-refractivity contribution in [1.82, 2.24) is 10.2 Å². The average Bonchev–Trinajstić information content (AvgIpc) is 2.55. The number of hydrogen-bond acceptors (Lipinski definition) is 4. The summed E-state index contributed by atoms with van der Waals surface area (Å²) in [5, 5.41) is 11.5. The number of likely N-dealkylation sites (tertiary alicyclic amines) is 1. The third-order valence-corrected chi connectivity index (χ3v) is 3.16. The lowest BCUT2D eigenvalue weighted by Gasteiger charge is -2.21. The van der Waals surface area contributed by atoms with E-state index in [2.05, 4.69) is 5.32 Å². The largest absolute Gasteiger partial charge is 0.352 e. The second-order valence-electron chi connectivity index (χ2n) is 5.32. The minimum atomic E-state index is -1.34. The van der Waals surface area contributed by atoms with Crippen molar-refractivity contribution in [2.24, 2.45) is 5.92 Å². The summed E-state index contributed by atoms with van der Waals surface area (Å²) in [6.45, 7) is 3.89. The predicted octanol–water partition coefficient (Wildman–Crippen LogP) is 0.622. The fourth-order valence-electron chi connectivity index (χ4n) is 2.13. The van der Waals surface area contributed by atoms with Crippen LogP contribution in [0.2, 0.25) is 0 Å². The normalized spacial score (nSPS) is 17.3. The Morgan fingerprint density at radius 1 is 1.35 bits per heavy atom. The number of Topliss-reactive ketones (excluding diaryl/α,β-unsaturated/α-hetero) is 1. The number of nitriles is 1. The van der Waals surface area contributed by atoms with Gasteiger partial charge in [-0.05, 0) is 26.7 Å². The van der Waals surface area contributed by atoms with Crippen LogP contribution in [0.4, 0.5) is 0 Å². The van der Waals surface area contributed by atoms with Crippen LogP contribution in [0.5, 0.6) is 0 Å². The number of carbonyl (C=O) groups excluding carboxylic acids is 3. The maximum atomic E-state index is 12.0. The van der Waals surface area contributed by atoms with Crippen molar-refractivity contribution in [1.29, 1.82) is 5.26 Å². The van der Waals surface area contributed by atoms with E-state index in [4.69, 9.17) is 5.26 Å². The van der Waals surface area contributed by atoms with Crippen LogP contribution in [0.15, 0.2) is 0 Å². The first-order chi connectivity index (χ1) is 9.45. The molecule has 0 aliphatic carbocycles. The van der Waals surface area contributed by atoms with Crippen LogP contribution in [0, 0.1) is 17.2 Å². The molecular formula is C14H21N3O3. The summed E-state index contributed by atoms with van der Waals surface area (Å²) in [5.74, 6) is -2.51. The van der Waals surface area contributed by atoms with Crippen molar-refractivity contribution in [2.45, 2.75) is 45.6 Å². The molecule has 20 heavy (non-hydrogen) atoms. The quantitative estimate of drug-likeness (QED) is 0.747. The molecule has 6 heteroatoms. The summed E-state index contributed by atoms with van der Waals surface area (Å²) in [7, 11) is 0. The molecule has 1 aliphatic heterocycles. The van der Waals surface area contributed by atoms with Gasteiger partial charge in [0.05, 0.1) is 12.6 Å². The van der Waals surface area contributed by atoms with Gasteiger partial charge in [0.2, 0.25) is 11.8 Å². The molecule has 0 saturated carbocycles. The zero-order valence-electron chi connectivity index (χ0n) is 12.0. The fourth-order valence-corrected chi connectivity index (χ4v) is 2.13. The van der Waals surface area contributed by atoms with Crippen LogP contribution in [-0.4, -0.2) is 41.6 Å². The van der Waals surface area contributed by atoms with Gasteiger partial charge in [-0.1, -0.05) is 6.42 Å². The summed E-state index contributed by atoms with van der Waals surface area (Å²) in [6, 6.07) is 1.59. The summed E-state index contributed by atoms with van der Waals surface area (Å²) in [6.07, 6.45) is 3.09. The molecule has 1 fully saturated rings. The van der Waals surface area contributed by atoms with Crippen LogP contribution in [0.25, 0.3) is 0 Å². The highest BCUT2D eigenvalue weighted by Gasteiger charge is 2.29. The monoisotopic (exact) mass is 279 g/mol. The molecule has 0 spiro atoms. The van der Waals surface area contributed by atoms with Gasteiger partial charge in [0, 0.05) is 19.0 Å². The molecule has 0 aromatic rings. The number of rotatable bonds is 5. The van der Waals surface area contributed by atoms with E-state index in [9.17, 15) is 14.4 Å². The second-order valence-corrected chi connectivity index (χ2v) is 5.32. The lowest BCUT2D eigenvalue weighted by Crippen LogP contribution is -2.43. The standard InChI is InChI=1S/C14H21N3O3/c1-10(2)16-14(20)11(8-15)12(18)9-17-7-5-3-4-6-13(17)19/h10-11H,3-7,9H2,1-2H3,(H,16,20)/t11-/m0/s1. The molecule has 0 unspecified atom stereocenters. The molecule has 2 amide bonds. The molecule has 1 N–H and O–H groups in total. The Bertz CT molecular complexity index is 426. The number of nitrogens with zero attached hydrogens (tertiary/aromatic N) is 2. The first-order valence-electron chi connectivity index (χ1n) is 6.96. The van der Waals surface area contributed by atoms with E-state index >= 15 is 0 Å². The molecule has 6 nitrogen and oxygen atoms in total. The third-order valence-electron chi connectivity index (χ3n) is 3.16. The molecule has 0 aromatic heterocycles. The maximum Gasteiger partial charge on any atom is 0.245 e. The fraction of sp³-hybridized carbons (Fsp3) is 0.714. The van der Waals surface area contributed by atoms with Crippen LogP contribution >= 0.6 is 0 Å². The smallest absolute Gasteiger partial charge is 0.245 e. The van der Waals surface area contributed by atoms with E-state index < -0.39 is 17.6 Å². The van der Waals surface area contributed by atoms with Crippen LogP contribution in [-0.2, 0) is 14.4 Å². The first kappa shape index (κ1) is 16.2. The molecule has 1 heterocycles. The minimum Gasteiger partial charge on any atom is -0.352 e. The van der Waals surface area contributed by atoms with Crippen LogP contribution in [0.3, 0.4) is 0 Å². The van der Waals surface area contributed by atoms with E-state index in [1.165, 1.54) is 4.90 Å². The molecule has 1 saturated heterocycles. The van der Waals surface area contributed by atoms with E-state index in [0.717, 1.165) is 19.3 Å². The number of amides is 2. The van der Waals surface area contributed by atoms with Crippen molar-refractivity contribution in [3.8, 4) is 6.07 Å². The summed E-state index contributed by atoms with van der Waals surface area (Å²) < 4.78 is 0. The van der Waals surface area contributed by atoms with Crippen LogP contribution in [0.1, 0.15) is 39.5 Å². The van der Waals surface area contributed by atoms with Gasteiger partial charge in [-0.15, -0.1) is 0 Å². The Labute approximate surface area is 119 Å². The maximum absolute atomic E-state index is 12.0. The molecule has 110 valence electrons. The van der Waals surface area contributed by atoms with Gasteiger partial charge in [0.15, 0.2) is 11.7 Å². The Hall–Kier alpha value is -1.90. The molecule has 1 aliphatic rings. The van der Waals surface area contributed by atoms with E-state index in [1.807, 2.05) is 0 Å². The third kappa shape index (κ3) is 4.65. The van der Waals surface area contributed by atoms with E-state index in [0.29, 0.717) is 13.0 Å². The topological polar surface area (TPSA) is 90.3 Å². The summed E-state index contributed by atoms with van der Waals surface area (Å²) >= 11 is 0. The van der Waals surface area contributed by atoms with E-state index in [-0.39, 0.29) is 18.5 Å². The highest BCUT2D eigenvalue weighted by molar-refractivity contribution is 6.05. The molecule has 0 bridgehead atoms. The molecule has 0 aromatic carbocycles. The highest BCUT2D eigenvalue weighted by atomic mass is 16.2. The SMILES string of the molecule is CC(C)NC(=O)[C@@H](C#N)C(=O)CN1CCCCCC1=O. The predicted molar refractivity (Wildman–Crippen MR) is 72.4 cm³/mol. The van der Waals surface area contributed by atoms with Gasteiger partial charge in [-0.25, -0.2) is 0 Å². The van der Waals surface area contributed by atoms with Crippen molar-refractivity contribution in [2.75, 3.05) is 13.1 Å². The Balaban J connectivity index is 2.65. The number of hydrogen-bond donors (Lipinski definition) is 1. The van der Waals surface area contributed by atoms with Gasteiger partial charge in [0.25, 0.3) is 0 Å². The van der Waals surface area contributed by atoms with Gasteiger partial charge in [0.1, 0.15) is 0 Å².